The van der Waals surface area contributed by atoms with E-state index in [9.17, 15) is 4.79 Å². The fourth-order valence-electron chi connectivity index (χ4n) is 1.56. The molecule has 4 heteroatoms. The van der Waals surface area contributed by atoms with Crippen LogP contribution in [0.15, 0.2) is 36.9 Å². The molecule has 0 saturated heterocycles. The summed E-state index contributed by atoms with van der Waals surface area (Å²) in [5.41, 5.74) is 1.12. The minimum atomic E-state index is 0.0321. The van der Waals surface area contributed by atoms with Gasteiger partial charge in [0.05, 0.1) is 6.54 Å². The summed E-state index contributed by atoms with van der Waals surface area (Å²) in [5.74, 6) is 1.33. The number of ether oxygens (including phenoxy) is 1. The largest absolute Gasteiger partial charge is 0.490 e. The predicted molar refractivity (Wildman–Crippen MR) is 81.7 cm³/mol. The molecule has 0 aliphatic carbocycles. The molecule has 1 amide bonds. The number of carbonyl (C=O) groups excluding carboxylic acids is 1. The van der Waals surface area contributed by atoms with E-state index in [-0.39, 0.29) is 5.91 Å². The Hall–Kier alpha value is -1.81. The van der Waals surface area contributed by atoms with E-state index >= 15 is 0 Å². The van der Waals surface area contributed by atoms with E-state index in [2.05, 4.69) is 31.1 Å². The van der Waals surface area contributed by atoms with Crippen LogP contribution in [0.3, 0.4) is 0 Å². The third kappa shape index (κ3) is 6.95. The van der Waals surface area contributed by atoms with Crippen LogP contribution in [0.4, 0.5) is 0 Å². The standard InChI is InChI=1S/C16H24N2O2/c1-4-9-20-15-7-5-14(6-8-15)11-17-12-16(19)18-10-13(2)3/h4-8,13,17H,1,9-12H2,2-3H3,(H,18,19). The first kappa shape index (κ1) is 16.2. The number of hydrogen-bond donors (Lipinski definition) is 2. The van der Waals surface area contributed by atoms with Crippen molar-refractivity contribution in [1.29, 1.82) is 0 Å². The van der Waals surface area contributed by atoms with Gasteiger partial charge in [-0.15, -0.1) is 0 Å². The first-order valence-corrected chi connectivity index (χ1v) is 6.92. The zero-order valence-electron chi connectivity index (χ0n) is 12.3. The lowest BCUT2D eigenvalue weighted by atomic mass is 10.2. The van der Waals surface area contributed by atoms with Crippen molar-refractivity contribution in [3.05, 3.63) is 42.5 Å². The van der Waals surface area contributed by atoms with Crippen LogP contribution in [0.5, 0.6) is 5.75 Å². The van der Waals surface area contributed by atoms with Crippen molar-refractivity contribution in [2.75, 3.05) is 19.7 Å². The molecule has 2 N–H and O–H groups in total. The van der Waals surface area contributed by atoms with Gasteiger partial charge in [0.2, 0.25) is 5.91 Å². The summed E-state index contributed by atoms with van der Waals surface area (Å²) in [7, 11) is 0. The summed E-state index contributed by atoms with van der Waals surface area (Å²) in [6.07, 6.45) is 1.71. The van der Waals surface area contributed by atoms with Crippen LogP contribution in [0, 0.1) is 5.92 Å². The molecular formula is C16H24N2O2. The van der Waals surface area contributed by atoms with Gasteiger partial charge < -0.3 is 15.4 Å². The summed E-state index contributed by atoms with van der Waals surface area (Å²) < 4.78 is 5.40. The summed E-state index contributed by atoms with van der Waals surface area (Å²) in [4.78, 5) is 11.5. The van der Waals surface area contributed by atoms with Crippen molar-refractivity contribution in [1.82, 2.24) is 10.6 Å². The third-order valence-corrected chi connectivity index (χ3v) is 2.61. The van der Waals surface area contributed by atoms with Crippen molar-refractivity contribution in [2.24, 2.45) is 5.92 Å². The normalized spacial score (nSPS) is 10.3. The maximum absolute atomic E-state index is 11.5. The van der Waals surface area contributed by atoms with Gasteiger partial charge in [-0.1, -0.05) is 38.6 Å². The Kier molecular flexibility index (Phi) is 7.43. The molecule has 0 aliphatic heterocycles. The Labute approximate surface area is 121 Å². The van der Waals surface area contributed by atoms with Crippen LogP contribution in [0.25, 0.3) is 0 Å². The van der Waals surface area contributed by atoms with Crippen molar-refractivity contribution < 1.29 is 9.53 Å². The van der Waals surface area contributed by atoms with Crippen molar-refractivity contribution in [3.63, 3.8) is 0 Å². The van der Waals surface area contributed by atoms with E-state index in [1.165, 1.54) is 0 Å². The SMILES string of the molecule is C=CCOc1ccc(CNCC(=O)NCC(C)C)cc1. The second-order valence-corrected chi connectivity index (χ2v) is 5.05. The highest BCUT2D eigenvalue weighted by Crippen LogP contribution is 2.11. The maximum atomic E-state index is 11.5. The molecule has 0 bridgehead atoms. The van der Waals surface area contributed by atoms with Gasteiger partial charge in [-0.3, -0.25) is 4.79 Å². The van der Waals surface area contributed by atoms with Crippen molar-refractivity contribution >= 4 is 5.91 Å². The zero-order valence-corrected chi connectivity index (χ0v) is 12.3. The second-order valence-electron chi connectivity index (χ2n) is 5.05. The lowest BCUT2D eigenvalue weighted by Crippen LogP contribution is -2.35. The van der Waals surface area contributed by atoms with Gasteiger partial charge in [0, 0.05) is 13.1 Å². The lowest BCUT2D eigenvalue weighted by Gasteiger charge is -2.09. The van der Waals surface area contributed by atoms with E-state index < -0.39 is 0 Å². The number of nitrogens with one attached hydrogen (secondary N) is 2. The quantitative estimate of drug-likeness (QED) is 0.679. The lowest BCUT2D eigenvalue weighted by molar-refractivity contribution is -0.120. The van der Waals surface area contributed by atoms with Gasteiger partial charge in [0.1, 0.15) is 12.4 Å². The third-order valence-electron chi connectivity index (χ3n) is 2.61. The highest BCUT2D eigenvalue weighted by atomic mass is 16.5. The number of hydrogen-bond acceptors (Lipinski definition) is 3. The second kappa shape index (κ2) is 9.15. The van der Waals surface area contributed by atoms with Crippen molar-refractivity contribution in [2.45, 2.75) is 20.4 Å². The first-order valence-electron chi connectivity index (χ1n) is 6.92. The molecule has 0 fully saturated rings. The van der Waals surface area contributed by atoms with Gasteiger partial charge in [0.15, 0.2) is 0 Å². The summed E-state index contributed by atoms with van der Waals surface area (Å²) in [5, 5.41) is 5.99. The molecule has 0 spiro atoms. The molecule has 1 rings (SSSR count). The zero-order chi connectivity index (χ0) is 14.8. The van der Waals surface area contributed by atoms with Crippen molar-refractivity contribution in [3.8, 4) is 5.75 Å². The molecular weight excluding hydrogens is 252 g/mol. The molecule has 4 nitrogen and oxygen atoms in total. The van der Waals surface area contributed by atoms with Gasteiger partial charge in [-0.05, 0) is 23.6 Å². The molecule has 0 radical (unpaired) electrons. The summed E-state index contributed by atoms with van der Waals surface area (Å²) >= 11 is 0. The van der Waals surface area contributed by atoms with Gasteiger partial charge in [0.25, 0.3) is 0 Å². The Balaban J connectivity index is 2.24. The molecule has 0 atom stereocenters. The smallest absolute Gasteiger partial charge is 0.233 e. The monoisotopic (exact) mass is 276 g/mol. The fraction of sp³-hybridized carbons (Fsp3) is 0.438. The fourth-order valence-corrected chi connectivity index (χ4v) is 1.56. The van der Waals surface area contributed by atoms with Crippen LogP contribution in [-0.2, 0) is 11.3 Å². The minimum Gasteiger partial charge on any atom is -0.490 e. The summed E-state index contributed by atoms with van der Waals surface area (Å²) in [6, 6.07) is 7.80. The Morgan fingerprint density at radius 3 is 2.65 bits per heavy atom. The molecule has 0 unspecified atom stereocenters. The predicted octanol–water partition coefficient (Wildman–Crippen LogP) is 2.11. The van der Waals surface area contributed by atoms with Crippen LogP contribution in [0.2, 0.25) is 0 Å². The molecule has 0 aromatic heterocycles. The van der Waals surface area contributed by atoms with Crippen LogP contribution >= 0.6 is 0 Å². The molecule has 0 saturated carbocycles. The Morgan fingerprint density at radius 1 is 1.35 bits per heavy atom. The molecule has 20 heavy (non-hydrogen) atoms. The van der Waals surface area contributed by atoms with Gasteiger partial charge >= 0.3 is 0 Å². The van der Waals surface area contributed by atoms with E-state index in [4.69, 9.17) is 4.74 Å². The number of benzene rings is 1. The average Bonchev–Trinajstić information content (AvgIpc) is 2.44. The topological polar surface area (TPSA) is 50.4 Å². The van der Waals surface area contributed by atoms with Gasteiger partial charge in [-0.2, -0.15) is 0 Å². The van der Waals surface area contributed by atoms with E-state index in [1.54, 1.807) is 6.08 Å². The molecule has 0 heterocycles. The first-order chi connectivity index (χ1) is 9.61. The van der Waals surface area contributed by atoms with Crippen LogP contribution < -0.4 is 15.4 Å². The molecule has 1 aromatic rings. The highest BCUT2D eigenvalue weighted by molar-refractivity contribution is 5.77. The van der Waals surface area contributed by atoms with Gasteiger partial charge in [-0.25, -0.2) is 0 Å². The van der Waals surface area contributed by atoms with E-state index in [0.717, 1.165) is 17.9 Å². The highest BCUT2D eigenvalue weighted by Gasteiger charge is 2.02. The molecule has 1 aromatic carbocycles. The van der Waals surface area contributed by atoms with E-state index in [1.807, 2.05) is 24.3 Å². The number of carbonyl (C=O) groups is 1. The average molecular weight is 276 g/mol. The number of amides is 1. The summed E-state index contributed by atoms with van der Waals surface area (Å²) in [6.45, 7) is 9.97. The van der Waals surface area contributed by atoms with Crippen LogP contribution in [-0.4, -0.2) is 25.6 Å². The Bertz CT molecular complexity index is 413. The number of rotatable bonds is 9. The minimum absolute atomic E-state index is 0.0321. The van der Waals surface area contributed by atoms with Crippen LogP contribution in [0.1, 0.15) is 19.4 Å². The van der Waals surface area contributed by atoms with E-state index in [0.29, 0.717) is 25.6 Å². The Morgan fingerprint density at radius 2 is 2.05 bits per heavy atom. The molecule has 0 aliphatic rings. The maximum Gasteiger partial charge on any atom is 0.233 e. The molecule has 110 valence electrons.